The van der Waals surface area contributed by atoms with Crippen molar-refractivity contribution in [1.82, 2.24) is 10.2 Å². The molecule has 20 heavy (non-hydrogen) atoms. The van der Waals surface area contributed by atoms with Gasteiger partial charge in [0.15, 0.2) is 9.84 Å². The second kappa shape index (κ2) is 5.18. The Bertz CT molecular complexity index is 473. The highest BCUT2D eigenvalue weighted by molar-refractivity contribution is 7.91. The standard InChI is InChI=1S/C13H24N2O4S/c1-12(2,3)19-11(16)15-7-4-13(5-8-15)10-20(17,18)9-6-14-13/h14H,4-10H2,1-3H3. The maximum Gasteiger partial charge on any atom is 0.410 e. The Balaban J connectivity index is 1.94. The van der Waals surface area contributed by atoms with Crippen LogP contribution in [0.1, 0.15) is 33.6 Å². The Morgan fingerprint density at radius 3 is 2.35 bits per heavy atom. The van der Waals surface area contributed by atoms with Crippen molar-refractivity contribution in [3.63, 3.8) is 0 Å². The SMILES string of the molecule is CC(C)(C)OC(=O)N1CCC2(CC1)CS(=O)(=O)CCN2. The molecule has 7 heteroatoms. The second-order valence-electron chi connectivity index (χ2n) is 6.77. The normalized spacial score (nSPS) is 25.4. The average molecular weight is 304 g/mol. The van der Waals surface area contributed by atoms with E-state index in [2.05, 4.69) is 5.32 Å². The number of carbonyl (C=O) groups is 1. The molecule has 6 nitrogen and oxygen atoms in total. The third-order valence-electron chi connectivity index (χ3n) is 3.78. The molecule has 0 atom stereocenters. The van der Waals surface area contributed by atoms with Gasteiger partial charge in [-0.25, -0.2) is 13.2 Å². The number of likely N-dealkylation sites (tertiary alicyclic amines) is 1. The van der Waals surface area contributed by atoms with Gasteiger partial charge in [-0.15, -0.1) is 0 Å². The quantitative estimate of drug-likeness (QED) is 0.715. The zero-order chi connectivity index (χ0) is 15.0. The molecule has 2 rings (SSSR count). The average Bonchev–Trinajstić information content (AvgIpc) is 2.25. The predicted octanol–water partition coefficient (Wildman–Crippen LogP) is 0.774. The zero-order valence-electron chi connectivity index (χ0n) is 12.4. The minimum atomic E-state index is -2.95. The Kier molecular flexibility index (Phi) is 4.03. The number of sulfone groups is 1. The summed E-state index contributed by atoms with van der Waals surface area (Å²) in [5.74, 6) is 0.396. The topological polar surface area (TPSA) is 75.7 Å². The molecule has 0 aliphatic carbocycles. The van der Waals surface area contributed by atoms with Gasteiger partial charge in [-0.1, -0.05) is 0 Å². The second-order valence-corrected chi connectivity index (χ2v) is 8.95. The molecule has 1 spiro atoms. The number of hydrogen-bond donors (Lipinski definition) is 1. The molecular weight excluding hydrogens is 280 g/mol. The molecule has 2 fully saturated rings. The first-order chi connectivity index (χ1) is 9.11. The first kappa shape index (κ1) is 15.6. The van der Waals surface area contributed by atoms with Crippen molar-refractivity contribution in [2.24, 2.45) is 0 Å². The predicted molar refractivity (Wildman–Crippen MR) is 76.4 cm³/mol. The molecule has 2 aliphatic rings. The van der Waals surface area contributed by atoms with Gasteiger partial charge in [0.1, 0.15) is 5.60 Å². The van der Waals surface area contributed by atoms with Crippen molar-refractivity contribution in [2.45, 2.75) is 44.8 Å². The molecule has 0 bridgehead atoms. The summed E-state index contributed by atoms with van der Waals surface area (Å²) in [6, 6.07) is 0. The van der Waals surface area contributed by atoms with E-state index in [1.165, 1.54) is 0 Å². The van der Waals surface area contributed by atoms with E-state index in [1.807, 2.05) is 20.8 Å². The lowest BCUT2D eigenvalue weighted by Crippen LogP contribution is -2.61. The highest BCUT2D eigenvalue weighted by Crippen LogP contribution is 2.27. The molecule has 116 valence electrons. The number of nitrogens with one attached hydrogen (secondary N) is 1. The summed E-state index contributed by atoms with van der Waals surface area (Å²) < 4.78 is 28.9. The highest BCUT2D eigenvalue weighted by atomic mass is 32.2. The fourth-order valence-electron chi connectivity index (χ4n) is 2.78. The Labute approximate surface area is 120 Å². The molecule has 1 amide bonds. The maximum atomic E-state index is 12.0. The van der Waals surface area contributed by atoms with Crippen LogP contribution < -0.4 is 5.32 Å². The molecule has 2 saturated heterocycles. The van der Waals surface area contributed by atoms with Crippen molar-refractivity contribution >= 4 is 15.9 Å². The molecule has 0 unspecified atom stereocenters. The third kappa shape index (κ3) is 3.85. The van der Waals surface area contributed by atoms with Crippen molar-refractivity contribution in [3.8, 4) is 0 Å². The molecule has 2 heterocycles. The molecular formula is C13H24N2O4S. The number of nitrogens with zero attached hydrogens (tertiary/aromatic N) is 1. The molecule has 0 aromatic heterocycles. The fraction of sp³-hybridized carbons (Fsp3) is 0.923. The van der Waals surface area contributed by atoms with E-state index >= 15 is 0 Å². The Hall–Kier alpha value is -0.820. The van der Waals surface area contributed by atoms with Crippen LogP contribution in [-0.4, -0.2) is 61.7 Å². The van der Waals surface area contributed by atoms with E-state index in [0.29, 0.717) is 32.5 Å². The zero-order valence-corrected chi connectivity index (χ0v) is 13.3. The van der Waals surface area contributed by atoms with E-state index in [4.69, 9.17) is 4.74 Å². The highest BCUT2D eigenvalue weighted by Gasteiger charge is 2.42. The van der Waals surface area contributed by atoms with Gasteiger partial charge < -0.3 is 15.0 Å². The van der Waals surface area contributed by atoms with Gasteiger partial charge in [-0.05, 0) is 33.6 Å². The first-order valence-corrected chi connectivity index (χ1v) is 8.86. The number of ether oxygens (including phenoxy) is 1. The molecule has 1 N–H and O–H groups in total. The summed E-state index contributed by atoms with van der Waals surface area (Å²) in [6.07, 6.45) is 1.00. The monoisotopic (exact) mass is 304 g/mol. The molecule has 0 aromatic carbocycles. The van der Waals surface area contributed by atoms with Gasteiger partial charge in [0.05, 0.1) is 11.5 Å². The molecule has 0 aromatic rings. The van der Waals surface area contributed by atoms with Crippen molar-refractivity contribution < 1.29 is 17.9 Å². The maximum absolute atomic E-state index is 12.0. The number of carbonyl (C=O) groups excluding carboxylic acids is 1. The number of rotatable bonds is 0. The number of hydrogen-bond acceptors (Lipinski definition) is 5. The lowest BCUT2D eigenvalue weighted by molar-refractivity contribution is 0.0159. The first-order valence-electron chi connectivity index (χ1n) is 7.04. The summed E-state index contributed by atoms with van der Waals surface area (Å²) in [4.78, 5) is 13.6. The lowest BCUT2D eigenvalue weighted by atomic mass is 9.89. The minimum Gasteiger partial charge on any atom is -0.444 e. The van der Waals surface area contributed by atoms with Crippen LogP contribution in [0, 0.1) is 0 Å². The van der Waals surface area contributed by atoms with Crippen LogP contribution in [0.25, 0.3) is 0 Å². The summed E-state index contributed by atoms with van der Waals surface area (Å²) in [5.41, 5.74) is -0.853. The van der Waals surface area contributed by atoms with Gasteiger partial charge in [-0.3, -0.25) is 0 Å². The fourth-order valence-corrected chi connectivity index (χ4v) is 4.57. The van der Waals surface area contributed by atoms with Crippen LogP contribution in [-0.2, 0) is 14.6 Å². The van der Waals surface area contributed by atoms with E-state index in [1.54, 1.807) is 4.90 Å². The van der Waals surface area contributed by atoms with Gasteiger partial charge in [0.25, 0.3) is 0 Å². The van der Waals surface area contributed by atoms with Gasteiger partial charge in [0, 0.05) is 25.2 Å². The largest absolute Gasteiger partial charge is 0.444 e. The third-order valence-corrected chi connectivity index (χ3v) is 5.60. The van der Waals surface area contributed by atoms with Crippen LogP contribution in [0.2, 0.25) is 0 Å². The van der Waals surface area contributed by atoms with Crippen LogP contribution in [0.15, 0.2) is 0 Å². The van der Waals surface area contributed by atoms with Gasteiger partial charge in [-0.2, -0.15) is 0 Å². The van der Waals surface area contributed by atoms with Crippen molar-refractivity contribution in [1.29, 1.82) is 0 Å². The van der Waals surface area contributed by atoms with E-state index in [-0.39, 0.29) is 23.1 Å². The molecule has 0 saturated carbocycles. The van der Waals surface area contributed by atoms with Gasteiger partial charge >= 0.3 is 6.09 Å². The summed E-state index contributed by atoms with van der Waals surface area (Å²) in [7, 11) is -2.95. The van der Waals surface area contributed by atoms with Gasteiger partial charge in [0.2, 0.25) is 0 Å². The lowest BCUT2D eigenvalue weighted by Gasteiger charge is -2.44. The van der Waals surface area contributed by atoms with Crippen LogP contribution in [0.4, 0.5) is 4.79 Å². The van der Waals surface area contributed by atoms with Crippen molar-refractivity contribution in [3.05, 3.63) is 0 Å². The van der Waals surface area contributed by atoms with Crippen LogP contribution >= 0.6 is 0 Å². The summed E-state index contributed by atoms with van der Waals surface area (Å²) in [5, 5.41) is 3.34. The molecule has 0 radical (unpaired) electrons. The smallest absolute Gasteiger partial charge is 0.410 e. The van der Waals surface area contributed by atoms with Crippen LogP contribution in [0.3, 0.4) is 0 Å². The number of piperidine rings is 1. The van der Waals surface area contributed by atoms with E-state index < -0.39 is 15.4 Å². The van der Waals surface area contributed by atoms with Crippen LogP contribution in [0.5, 0.6) is 0 Å². The van der Waals surface area contributed by atoms with E-state index in [9.17, 15) is 13.2 Å². The summed E-state index contributed by atoms with van der Waals surface area (Å²) >= 11 is 0. The van der Waals surface area contributed by atoms with E-state index in [0.717, 1.165) is 0 Å². The Morgan fingerprint density at radius 2 is 1.85 bits per heavy atom. The van der Waals surface area contributed by atoms with Crippen molar-refractivity contribution in [2.75, 3.05) is 31.1 Å². The Morgan fingerprint density at radius 1 is 1.25 bits per heavy atom. The molecule has 2 aliphatic heterocycles. The minimum absolute atomic E-state index is 0.183. The summed E-state index contributed by atoms with van der Waals surface area (Å²) in [6.45, 7) is 7.10. The number of amides is 1.